The zero-order chi connectivity index (χ0) is 26.7. The highest BCUT2D eigenvalue weighted by molar-refractivity contribution is 5.96. The van der Waals surface area contributed by atoms with Gasteiger partial charge in [0.05, 0.1) is 5.69 Å². The second-order valence-corrected chi connectivity index (χ2v) is 8.91. The Morgan fingerprint density at radius 1 is 0.632 bits per heavy atom. The lowest BCUT2D eigenvalue weighted by atomic mass is 10.1. The maximum absolute atomic E-state index is 13.4. The highest BCUT2D eigenvalue weighted by Gasteiger charge is 2.24. The second-order valence-electron chi connectivity index (χ2n) is 8.91. The molecular formula is C32H32N2O4. The van der Waals surface area contributed by atoms with Crippen LogP contribution in [0.2, 0.25) is 0 Å². The summed E-state index contributed by atoms with van der Waals surface area (Å²) in [4.78, 5) is 30.0. The molecule has 0 aliphatic rings. The maximum Gasteiger partial charge on any atom is 0.414 e. The van der Waals surface area contributed by atoms with Crippen LogP contribution in [0.1, 0.15) is 16.7 Å². The molecule has 4 aromatic carbocycles. The number of carbonyl (C=O) groups excluding carboxylic acids is 2. The van der Waals surface area contributed by atoms with Gasteiger partial charge in [-0.1, -0.05) is 84.9 Å². The maximum atomic E-state index is 13.4. The normalized spacial score (nSPS) is 10.5. The fourth-order valence-electron chi connectivity index (χ4n) is 4.16. The van der Waals surface area contributed by atoms with Gasteiger partial charge in [-0.15, -0.1) is 0 Å². The molecule has 0 fully saturated rings. The van der Waals surface area contributed by atoms with E-state index in [1.807, 2.05) is 123 Å². The molecule has 0 aliphatic carbocycles. The highest BCUT2D eigenvalue weighted by Crippen LogP contribution is 2.24. The zero-order valence-electron chi connectivity index (χ0n) is 21.7. The fraction of sp³-hybridized carbons (Fsp3) is 0.188. The van der Waals surface area contributed by atoms with Gasteiger partial charge in [-0.25, -0.2) is 4.79 Å². The number of nitrogens with zero attached hydrogens (tertiary/aromatic N) is 2. The first-order valence-corrected chi connectivity index (χ1v) is 12.6. The molecule has 6 heteroatoms. The van der Waals surface area contributed by atoms with Crippen LogP contribution in [-0.2, 0) is 16.1 Å². The lowest BCUT2D eigenvalue weighted by Gasteiger charge is -2.29. The van der Waals surface area contributed by atoms with Crippen LogP contribution in [0.5, 0.6) is 5.75 Å². The molecular weight excluding hydrogens is 476 g/mol. The van der Waals surface area contributed by atoms with Crippen molar-refractivity contribution in [2.24, 2.45) is 0 Å². The SMILES string of the molecule is Cc1ccccc1N(CCN(C(=O)OCc1ccccc1)c1ccccc1C)C(=O)COc1ccccc1. The van der Waals surface area contributed by atoms with Crippen molar-refractivity contribution in [3.05, 3.63) is 126 Å². The van der Waals surface area contributed by atoms with Crippen LogP contribution in [-0.4, -0.2) is 31.7 Å². The molecule has 0 atom stereocenters. The molecule has 194 valence electrons. The van der Waals surface area contributed by atoms with Crippen molar-refractivity contribution in [1.82, 2.24) is 0 Å². The Balaban J connectivity index is 1.54. The standard InChI is InChI=1S/C32H32N2O4/c1-25-13-9-11-19-29(25)33(31(35)24-37-28-17-7-4-8-18-28)21-22-34(30-20-12-10-14-26(30)2)32(36)38-23-27-15-5-3-6-16-27/h3-20H,21-24H2,1-2H3. The van der Waals surface area contributed by atoms with Crippen LogP contribution in [0.15, 0.2) is 109 Å². The third-order valence-corrected chi connectivity index (χ3v) is 6.19. The lowest BCUT2D eigenvalue weighted by Crippen LogP contribution is -2.43. The van der Waals surface area contributed by atoms with Gasteiger partial charge in [0.1, 0.15) is 12.4 Å². The summed E-state index contributed by atoms with van der Waals surface area (Å²) in [5, 5.41) is 0. The smallest absolute Gasteiger partial charge is 0.414 e. The average Bonchev–Trinajstić information content (AvgIpc) is 2.95. The van der Waals surface area contributed by atoms with Crippen molar-refractivity contribution < 1.29 is 19.1 Å². The predicted molar refractivity (Wildman–Crippen MR) is 151 cm³/mol. The summed E-state index contributed by atoms with van der Waals surface area (Å²) < 4.78 is 11.4. The number of anilines is 2. The van der Waals surface area contributed by atoms with Crippen LogP contribution >= 0.6 is 0 Å². The lowest BCUT2D eigenvalue weighted by molar-refractivity contribution is -0.120. The van der Waals surface area contributed by atoms with Crippen molar-refractivity contribution in [3.63, 3.8) is 0 Å². The first-order valence-electron chi connectivity index (χ1n) is 12.6. The van der Waals surface area contributed by atoms with Gasteiger partial charge < -0.3 is 14.4 Å². The van der Waals surface area contributed by atoms with Crippen molar-refractivity contribution in [2.45, 2.75) is 20.5 Å². The molecule has 0 saturated carbocycles. The molecule has 2 amide bonds. The van der Waals surface area contributed by atoms with Gasteiger partial charge in [0.25, 0.3) is 5.91 Å². The molecule has 0 aromatic heterocycles. The number of hydrogen-bond acceptors (Lipinski definition) is 4. The van der Waals surface area contributed by atoms with Crippen LogP contribution in [0.25, 0.3) is 0 Å². The van der Waals surface area contributed by atoms with Gasteiger partial charge >= 0.3 is 6.09 Å². The summed E-state index contributed by atoms with van der Waals surface area (Å²) >= 11 is 0. The van der Waals surface area contributed by atoms with Gasteiger partial charge in [0, 0.05) is 18.8 Å². The number of benzene rings is 4. The molecule has 0 bridgehead atoms. The van der Waals surface area contributed by atoms with Crippen LogP contribution in [0.3, 0.4) is 0 Å². The Morgan fingerprint density at radius 3 is 1.74 bits per heavy atom. The van der Waals surface area contributed by atoms with E-state index in [0.717, 1.165) is 28.1 Å². The van der Waals surface area contributed by atoms with Crippen LogP contribution in [0, 0.1) is 13.8 Å². The van der Waals surface area contributed by atoms with Crippen molar-refractivity contribution in [2.75, 3.05) is 29.5 Å². The summed E-state index contributed by atoms with van der Waals surface area (Å²) in [6.07, 6.45) is -0.471. The molecule has 4 rings (SSSR count). The predicted octanol–water partition coefficient (Wildman–Crippen LogP) is 6.56. The van der Waals surface area contributed by atoms with Gasteiger partial charge in [-0.05, 0) is 54.8 Å². The summed E-state index contributed by atoms with van der Waals surface area (Å²) in [5.41, 5.74) is 4.31. The largest absolute Gasteiger partial charge is 0.484 e. The second kappa shape index (κ2) is 13.1. The van der Waals surface area contributed by atoms with E-state index in [-0.39, 0.29) is 32.2 Å². The molecule has 6 nitrogen and oxygen atoms in total. The topological polar surface area (TPSA) is 59.1 Å². The Hall–Kier alpha value is -4.58. The van der Waals surface area contributed by atoms with Crippen molar-refractivity contribution >= 4 is 23.4 Å². The summed E-state index contributed by atoms with van der Waals surface area (Å²) in [6.45, 7) is 4.45. The molecule has 0 unspecified atom stereocenters. The van der Waals surface area contributed by atoms with E-state index in [2.05, 4.69) is 0 Å². The number of aryl methyl sites for hydroxylation is 2. The molecule has 0 heterocycles. The molecule has 0 spiro atoms. The summed E-state index contributed by atoms with van der Waals surface area (Å²) in [6, 6.07) is 34.1. The first-order chi connectivity index (χ1) is 18.5. The van der Waals surface area contributed by atoms with E-state index in [9.17, 15) is 9.59 Å². The number of hydrogen-bond donors (Lipinski definition) is 0. The van der Waals surface area contributed by atoms with E-state index in [1.165, 1.54) is 0 Å². The van der Waals surface area contributed by atoms with Crippen LogP contribution < -0.4 is 14.5 Å². The van der Waals surface area contributed by atoms with Gasteiger partial charge in [0.15, 0.2) is 6.61 Å². The third-order valence-electron chi connectivity index (χ3n) is 6.19. The number of carbonyl (C=O) groups is 2. The van der Waals surface area contributed by atoms with E-state index in [1.54, 1.807) is 9.80 Å². The van der Waals surface area contributed by atoms with Crippen LogP contribution in [0.4, 0.5) is 16.2 Å². The van der Waals surface area contributed by atoms with E-state index < -0.39 is 6.09 Å². The van der Waals surface area contributed by atoms with Gasteiger partial charge in [-0.2, -0.15) is 0 Å². The first kappa shape index (κ1) is 26.5. The number of ether oxygens (including phenoxy) is 2. The average molecular weight is 509 g/mol. The molecule has 0 N–H and O–H groups in total. The Bertz CT molecular complexity index is 1240. The molecule has 38 heavy (non-hydrogen) atoms. The van der Waals surface area contributed by atoms with E-state index in [0.29, 0.717) is 5.75 Å². The number of rotatable bonds is 10. The number of amides is 2. The van der Waals surface area contributed by atoms with Gasteiger partial charge in [-0.3, -0.25) is 9.69 Å². The quantitative estimate of drug-likeness (QED) is 0.243. The highest BCUT2D eigenvalue weighted by atomic mass is 16.6. The zero-order valence-corrected chi connectivity index (χ0v) is 21.7. The Kier molecular flexibility index (Phi) is 9.13. The molecule has 0 radical (unpaired) electrons. The molecule has 0 saturated heterocycles. The van der Waals surface area contributed by atoms with Crippen molar-refractivity contribution in [3.8, 4) is 5.75 Å². The number of para-hydroxylation sites is 3. The minimum absolute atomic E-state index is 0.124. The summed E-state index contributed by atoms with van der Waals surface area (Å²) in [7, 11) is 0. The van der Waals surface area contributed by atoms with E-state index in [4.69, 9.17) is 9.47 Å². The molecule has 4 aromatic rings. The van der Waals surface area contributed by atoms with Crippen molar-refractivity contribution in [1.29, 1.82) is 0 Å². The monoisotopic (exact) mass is 508 g/mol. The minimum atomic E-state index is -0.471. The minimum Gasteiger partial charge on any atom is -0.484 e. The van der Waals surface area contributed by atoms with Gasteiger partial charge in [0.2, 0.25) is 0 Å². The Morgan fingerprint density at radius 2 is 1.13 bits per heavy atom. The third kappa shape index (κ3) is 7.01. The summed E-state index contributed by atoms with van der Waals surface area (Å²) in [5.74, 6) is 0.419. The Labute approximate surface area is 224 Å². The molecule has 0 aliphatic heterocycles. The van der Waals surface area contributed by atoms with E-state index >= 15 is 0 Å². The fourth-order valence-corrected chi connectivity index (χ4v) is 4.16.